The van der Waals surface area contributed by atoms with E-state index in [0.29, 0.717) is 18.0 Å². The molecule has 0 spiro atoms. The second kappa shape index (κ2) is 9.99. The molecule has 1 saturated heterocycles. The van der Waals surface area contributed by atoms with Gasteiger partial charge in [-0.3, -0.25) is 9.79 Å². The molecule has 0 aromatic heterocycles. The minimum Gasteiger partial charge on any atom is -0.372 e. The van der Waals surface area contributed by atoms with Crippen LogP contribution in [-0.2, 0) is 4.79 Å². The van der Waals surface area contributed by atoms with Crippen molar-refractivity contribution < 1.29 is 9.18 Å². The van der Waals surface area contributed by atoms with Crippen LogP contribution >= 0.6 is 0 Å². The molecule has 1 aliphatic heterocycles. The van der Waals surface area contributed by atoms with Gasteiger partial charge in [-0.1, -0.05) is 12.1 Å². The van der Waals surface area contributed by atoms with Crippen LogP contribution in [0.1, 0.15) is 25.7 Å². The van der Waals surface area contributed by atoms with Crippen molar-refractivity contribution in [1.82, 2.24) is 10.2 Å². The SMILES string of the molecule is CN=C(NCCCN(C)c1ccccc1F)N1CCCC(CC(N)=O)C1. The summed E-state index contributed by atoms with van der Waals surface area (Å²) in [5.74, 6) is 0.711. The summed E-state index contributed by atoms with van der Waals surface area (Å²) in [6, 6.07) is 6.80. The monoisotopic (exact) mass is 363 g/mol. The molecule has 6 nitrogen and oxygen atoms in total. The highest BCUT2D eigenvalue weighted by atomic mass is 19.1. The van der Waals surface area contributed by atoms with Gasteiger partial charge in [-0.25, -0.2) is 4.39 Å². The van der Waals surface area contributed by atoms with Crippen LogP contribution in [-0.4, -0.2) is 57.0 Å². The van der Waals surface area contributed by atoms with Gasteiger partial charge in [0.1, 0.15) is 5.82 Å². The number of rotatable bonds is 7. The minimum absolute atomic E-state index is 0.201. The molecule has 26 heavy (non-hydrogen) atoms. The molecule has 1 amide bonds. The van der Waals surface area contributed by atoms with Crippen LogP contribution in [0.2, 0.25) is 0 Å². The number of nitrogens with two attached hydrogens (primary N) is 1. The average molecular weight is 363 g/mol. The van der Waals surface area contributed by atoms with Gasteiger partial charge < -0.3 is 20.9 Å². The Balaban J connectivity index is 1.76. The number of anilines is 1. The van der Waals surface area contributed by atoms with Crippen molar-refractivity contribution in [2.75, 3.05) is 45.2 Å². The van der Waals surface area contributed by atoms with E-state index >= 15 is 0 Å². The predicted octanol–water partition coefficient (Wildman–Crippen LogP) is 1.81. The molecule has 1 atom stereocenters. The third-order valence-corrected chi connectivity index (χ3v) is 4.74. The maximum Gasteiger partial charge on any atom is 0.217 e. The lowest BCUT2D eigenvalue weighted by molar-refractivity contribution is -0.119. The predicted molar refractivity (Wildman–Crippen MR) is 104 cm³/mol. The summed E-state index contributed by atoms with van der Waals surface area (Å²) in [4.78, 5) is 19.6. The fraction of sp³-hybridized carbons (Fsp3) is 0.579. The quantitative estimate of drug-likeness (QED) is 0.440. The van der Waals surface area contributed by atoms with Gasteiger partial charge in [0.05, 0.1) is 5.69 Å². The maximum absolute atomic E-state index is 13.8. The largest absolute Gasteiger partial charge is 0.372 e. The first-order valence-electron chi connectivity index (χ1n) is 9.20. The van der Waals surface area contributed by atoms with Crippen LogP contribution in [0, 0.1) is 11.7 Å². The number of nitrogens with one attached hydrogen (secondary N) is 1. The molecule has 0 saturated carbocycles. The average Bonchev–Trinajstić information content (AvgIpc) is 2.61. The Bertz CT molecular complexity index is 622. The fourth-order valence-corrected chi connectivity index (χ4v) is 3.44. The number of guanidine groups is 1. The Hall–Kier alpha value is -2.31. The van der Waals surface area contributed by atoms with Crippen LogP contribution in [0.5, 0.6) is 0 Å². The number of nitrogens with zero attached hydrogens (tertiary/aromatic N) is 3. The Morgan fingerprint density at radius 2 is 2.23 bits per heavy atom. The molecule has 1 fully saturated rings. The van der Waals surface area contributed by atoms with Crippen molar-refractivity contribution >= 4 is 17.6 Å². The zero-order valence-corrected chi connectivity index (χ0v) is 15.7. The van der Waals surface area contributed by atoms with Gasteiger partial charge in [-0.05, 0) is 37.3 Å². The molecule has 2 rings (SSSR count). The molecule has 144 valence electrons. The summed E-state index contributed by atoms with van der Waals surface area (Å²) >= 11 is 0. The first-order chi connectivity index (χ1) is 12.5. The van der Waals surface area contributed by atoms with Crippen LogP contribution in [0.15, 0.2) is 29.3 Å². The lowest BCUT2D eigenvalue weighted by Crippen LogP contribution is -2.47. The molecule has 1 unspecified atom stereocenters. The van der Waals surface area contributed by atoms with E-state index in [4.69, 9.17) is 5.73 Å². The highest BCUT2D eigenvalue weighted by Crippen LogP contribution is 2.19. The number of hydrogen-bond acceptors (Lipinski definition) is 3. The van der Waals surface area contributed by atoms with E-state index in [2.05, 4.69) is 15.2 Å². The van der Waals surface area contributed by atoms with Crippen molar-refractivity contribution in [2.45, 2.75) is 25.7 Å². The van der Waals surface area contributed by atoms with Crippen LogP contribution in [0.4, 0.5) is 10.1 Å². The minimum atomic E-state index is -0.240. The van der Waals surface area contributed by atoms with E-state index in [0.717, 1.165) is 51.4 Å². The number of para-hydroxylation sites is 1. The summed E-state index contributed by atoms with van der Waals surface area (Å²) < 4.78 is 13.8. The number of piperidine rings is 1. The molecule has 0 bridgehead atoms. The highest BCUT2D eigenvalue weighted by Gasteiger charge is 2.23. The van der Waals surface area contributed by atoms with Crippen molar-refractivity contribution in [1.29, 1.82) is 0 Å². The zero-order valence-electron chi connectivity index (χ0n) is 15.7. The Morgan fingerprint density at radius 1 is 1.46 bits per heavy atom. The Labute approximate surface area is 155 Å². The number of carbonyl (C=O) groups excluding carboxylic acids is 1. The Kier molecular flexibility index (Phi) is 7.69. The third kappa shape index (κ3) is 5.89. The van der Waals surface area contributed by atoms with Crippen molar-refractivity contribution in [3.05, 3.63) is 30.1 Å². The number of likely N-dealkylation sites (tertiary alicyclic amines) is 1. The summed E-state index contributed by atoms with van der Waals surface area (Å²) in [5.41, 5.74) is 5.94. The van der Waals surface area contributed by atoms with E-state index in [9.17, 15) is 9.18 Å². The van der Waals surface area contributed by atoms with Gasteiger partial charge in [0.2, 0.25) is 5.91 Å². The lowest BCUT2D eigenvalue weighted by atomic mass is 9.95. The van der Waals surface area contributed by atoms with Gasteiger partial charge in [0.15, 0.2) is 5.96 Å². The molecule has 1 heterocycles. The van der Waals surface area contributed by atoms with Gasteiger partial charge >= 0.3 is 0 Å². The van der Waals surface area contributed by atoms with Crippen LogP contribution in [0.25, 0.3) is 0 Å². The first kappa shape index (κ1) is 20.0. The molecule has 7 heteroatoms. The van der Waals surface area contributed by atoms with E-state index in [1.807, 2.05) is 18.0 Å². The molecular formula is C19H30FN5O. The second-order valence-electron chi connectivity index (χ2n) is 6.83. The molecule has 1 aromatic carbocycles. The topological polar surface area (TPSA) is 74.0 Å². The third-order valence-electron chi connectivity index (χ3n) is 4.74. The van der Waals surface area contributed by atoms with Gasteiger partial charge in [-0.2, -0.15) is 0 Å². The molecular weight excluding hydrogens is 333 g/mol. The second-order valence-corrected chi connectivity index (χ2v) is 6.83. The molecule has 0 radical (unpaired) electrons. The normalized spacial score (nSPS) is 17.9. The number of halogens is 1. The number of carbonyl (C=O) groups is 1. The number of hydrogen-bond donors (Lipinski definition) is 2. The van der Waals surface area contributed by atoms with E-state index in [-0.39, 0.29) is 11.7 Å². The zero-order chi connectivity index (χ0) is 18.9. The summed E-state index contributed by atoms with van der Waals surface area (Å²) in [7, 11) is 3.66. The number of benzene rings is 1. The summed E-state index contributed by atoms with van der Waals surface area (Å²) in [6.45, 7) is 3.24. The number of aliphatic imine (C=N–C) groups is 1. The van der Waals surface area contributed by atoms with E-state index in [1.54, 1.807) is 19.2 Å². The maximum atomic E-state index is 13.8. The summed E-state index contributed by atoms with van der Waals surface area (Å²) in [6.07, 6.45) is 3.36. The first-order valence-corrected chi connectivity index (χ1v) is 9.20. The van der Waals surface area contributed by atoms with E-state index in [1.165, 1.54) is 6.07 Å². The van der Waals surface area contributed by atoms with Gasteiger partial charge in [-0.15, -0.1) is 0 Å². The standard InChI is InChI=1S/C19H30FN5O/c1-22-19(25-12-5-7-15(14-25)13-18(21)26)23-10-6-11-24(2)17-9-4-3-8-16(17)20/h3-4,8-9,15H,5-7,10-14H2,1-2H3,(H2,21,26)(H,22,23). The van der Waals surface area contributed by atoms with Crippen LogP contribution < -0.4 is 16.0 Å². The molecule has 0 aliphatic carbocycles. The van der Waals surface area contributed by atoms with Crippen molar-refractivity contribution in [2.24, 2.45) is 16.6 Å². The highest BCUT2D eigenvalue weighted by molar-refractivity contribution is 5.80. The molecule has 1 aliphatic rings. The Morgan fingerprint density at radius 3 is 2.92 bits per heavy atom. The van der Waals surface area contributed by atoms with Gasteiger partial charge in [0.25, 0.3) is 0 Å². The number of amides is 1. The number of primary amides is 1. The smallest absolute Gasteiger partial charge is 0.217 e. The van der Waals surface area contributed by atoms with Crippen LogP contribution in [0.3, 0.4) is 0 Å². The molecule has 3 N–H and O–H groups in total. The fourth-order valence-electron chi connectivity index (χ4n) is 3.44. The molecule has 1 aromatic rings. The van der Waals surface area contributed by atoms with Crippen molar-refractivity contribution in [3.63, 3.8) is 0 Å². The lowest BCUT2D eigenvalue weighted by Gasteiger charge is -2.34. The van der Waals surface area contributed by atoms with E-state index < -0.39 is 0 Å². The summed E-state index contributed by atoms with van der Waals surface area (Å²) in [5, 5.41) is 3.37. The van der Waals surface area contributed by atoms with Gasteiger partial charge in [0, 0.05) is 46.7 Å². The van der Waals surface area contributed by atoms with Crippen molar-refractivity contribution in [3.8, 4) is 0 Å².